The highest BCUT2D eigenvalue weighted by molar-refractivity contribution is 6.34. The zero-order valence-corrected chi connectivity index (χ0v) is 22.1. The molecule has 1 unspecified atom stereocenters. The fraction of sp³-hybridized carbons (Fsp3) is 0.345. The fourth-order valence-electron chi connectivity index (χ4n) is 5.30. The number of benzene rings is 2. The van der Waals surface area contributed by atoms with E-state index in [1.807, 2.05) is 23.1 Å². The van der Waals surface area contributed by atoms with Gasteiger partial charge in [-0.3, -0.25) is 9.59 Å². The summed E-state index contributed by atoms with van der Waals surface area (Å²) in [5.74, 6) is 0.259. The summed E-state index contributed by atoms with van der Waals surface area (Å²) in [7, 11) is 0. The van der Waals surface area contributed by atoms with Crippen molar-refractivity contribution in [3.05, 3.63) is 87.5 Å². The minimum absolute atomic E-state index is 0.111. The van der Waals surface area contributed by atoms with Crippen LogP contribution in [0.5, 0.6) is 0 Å². The molecular weight excluding hydrogens is 507 g/mol. The fourth-order valence-corrected chi connectivity index (χ4v) is 5.71. The number of halogens is 2. The van der Waals surface area contributed by atoms with Gasteiger partial charge in [-0.25, -0.2) is 4.98 Å². The molecule has 0 radical (unpaired) electrons. The van der Waals surface area contributed by atoms with Crippen molar-refractivity contribution in [3.63, 3.8) is 0 Å². The van der Waals surface area contributed by atoms with Crippen LogP contribution in [0.4, 0.5) is 11.5 Å². The van der Waals surface area contributed by atoms with E-state index in [1.54, 1.807) is 36.4 Å². The molecule has 0 bridgehead atoms. The van der Waals surface area contributed by atoms with Gasteiger partial charge in [-0.1, -0.05) is 35.3 Å². The van der Waals surface area contributed by atoms with Crippen LogP contribution in [0, 0.1) is 0 Å². The van der Waals surface area contributed by atoms with E-state index < -0.39 is 0 Å². The lowest BCUT2D eigenvalue weighted by Crippen LogP contribution is -2.32. The lowest BCUT2D eigenvalue weighted by atomic mass is 9.91. The van der Waals surface area contributed by atoms with Gasteiger partial charge < -0.3 is 15.1 Å². The van der Waals surface area contributed by atoms with Crippen molar-refractivity contribution in [2.45, 2.75) is 38.0 Å². The van der Waals surface area contributed by atoms with E-state index in [4.69, 9.17) is 23.2 Å². The van der Waals surface area contributed by atoms with Gasteiger partial charge >= 0.3 is 0 Å². The van der Waals surface area contributed by atoms with E-state index in [0.29, 0.717) is 39.5 Å². The number of fused-ring (bicyclic) bond motifs is 1. The van der Waals surface area contributed by atoms with Crippen LogP contribution in [0.3, 0.4) is 0 Å². The molecule has 2 amide bonds. The summed E-state index contributed by atoms with van der Waals surface area (Å²) in [5.41, 5.74) is 2.90. The number of rotatable bonds is 6. The molecule has 0 spiro atoms. The Hall–Kier alpha value is -2.93. The van der Waals surface area contributed by atoms with Crippen molar-refractivity contribution in [2.75, 3.05) is 36.4 Å². The maximum Gasteiger partial charge on any atom is 0.259 e. The van der Waals surface area contributed by atoms with E-state index in [-0.39, 0.29) is 11.8 Å². The van der Waals surface area contributed by atoms with Crippen LogP contribution in [-0.2, 0) is 0 Å². The highest BCUT2D eigenvalue weighted by Gasteiger charge is 2.28. The Kier molecular flexibility index (Phi) is 8.08. The first-order valence-corrected chi connectivity index (χ1v) is 13.6. The van der Waals surface area contributed by atoms with Gasteiger partial charge in [-0.2, -0.15) is 0 Å². The summed E-state index contributed by atoms with van der Waals surface area (Å²) >= 11 is 12.5. The number of likely N-dealkylation sites (tertiary alicyclic amines) is 1. The maximum atomic E-state index is 13.6. The first kappa shape index (κ1) is 25.7. The number of pyridine rings is 1. The van der Waals surface area contributed by atoms with Crippen molar-refractivity contribution < 1.29 is 9.59 Å². The second-order valence-electron chi connectivity index (χ2n) is 9.70. The molecule has 8 heteroatoms. The third-order valence-corrected chi connectivity index (χ3v) is 7.83. The molecule has 1 aromatic heterocycles. The molecular formula is C29H30Cl2N4O2. The average molecular weight is 537 g/mol. The van der Waals surface area contributed by atoms with E-state index in [1.165, 1.54) is 32.1 Å². The van der Waals surface area contributed by atoms with Gasteiger partial charge in [0.1, 0.15) is 5.82 Å². The number of aromatic nitrogens is 1. The first-order valence-electron chi connectivity index (χ1n) is 12.9. The third-order valence-electron chi connectivity index (χ3n) is 7.26. The maximum absolute atomic E-state index is 13.6. The van der Waals surface area contributed by atoms with Gasteiger partial charge in [0.2, 0.25) is 0 Å². The van der Waals surface area contributed by atoms with Gasteiger partial charge in [0.25, 0.3) is 11.8 Å². The highest BCUT2D eigenvalue weighted by Crippen LogP contribution is 2.39. The number of anilines is 2. The normalized spacial score (nSPS) is 17.8. The number of hydrogen-bond acceptors (Lipinski definition) is 4. The smallest absolute Gasteiger partial charge is 0.259 e. The molecule has 1 saturated heterocycles. The molecule has 2 aliphatic rings. The monoisotopic (exact) mass is 536 g/mol. The predicted octanol–water partition coefficient (Wildman–Crippen LogP) is 6.65. The summed E-state index contributed by atoms with van der Waals surface area (Å²) < 4.78 is 0. The Morgan fingerprint density at radius 1 is 0.973 bits per heavy atom. The van der Waals surface area contributed by atoms with Crippen LogP contribution >= 0.6 is 23.2 Å². The first-order chi connectivity index (χ1) is 18.0. The zero-order chi connectivity index (χ0) is 25.8. The van der Waals surface area contributed by atoms with Crippen LogP contribution < -0.4 is 10.2 Å². The number of carbonyl (C=O) groups excluding carboxylic acids is 2. The summed E-state index contributed by atoms with van der Waals surface area (Å²) in [6.45, 7) is 4.08. The molecule has 192 valence electrons. The molecule has 0 aliphatic carbocycles. The van der Waals surface area contributed by atoms with Crippen LogP contribution in [-0.4, -0.2) is 47.9 Å². The lowest BCUT2D eigenvalue weighted by Gasteiger charge is -2.25. The molecule has 37 heavy (non-hydrogen) atoms. The topological polar surface area (TPSA) is 65.5 Å². The average Bonchev–Trinajstić information content (AvgIpc) is 3.36. The number of hydrogen-bond donors (Lipinski definition) is 1. The van der Waals surface area contributed by atoms with E-state index in [0.717, 1.165) is 37.1 Å². The van der Waals surface area contributed by atoms with Crippen LogP contribution in [0.15, 0.2) is 60.8 Å². The molecule has 3 heterocycles. The Morgan fingerprint density at radius 2 is 1.78 bits per heavy atom. The molecule has 6 nitrogen and oxygen atoms in total. The molecule has 1 atom stereocenters. The summed E-state index contributed by atoms with van der Waals surface area (Å²) in [5, 5.41) is 3.80. The van der Waals surface area contributed by atoms with E-state index in [2.05, 4.69) is 15.2 Å². The summed E-state index contributed by atoms with van der Waals surface area (Å²) in [6, 6.07) is 16.0. The van der Waals surface area contributed by atoms with E-state index >= 15 is 0 Å². The van der Waals surface area contributed by atoms with Crippen molar-refractivity contribution in [1.82, 2.24) is 9.88 Å². The number of carbonyl (C=O) groups is 2. The number of nitrogens with zero attached hydrogens (tertiary/aromatic N) is 3. The Bertz CT molecular complexity index is 1280. The van der Waals surface area contributed by atoms with Crippen molar-refractivity contribution in [3.8, 4) is 0 Å². The zero-order valence-electron chi connectivity index (χ0n) is 20.6. The Balaban J connectivity index is 1.32. The minimum Gasteiger partial charge on any atom is -0.308 e. The standard InChI is InChI=1S/C29H30Cl2N4O2/c30-22-10-11-26-24(18-22)20(13-17-34-14-3-4-15-34)6-5-16-35(26)29(37)21-9-12-27(32-19-21)33-28(36)23-7-1-2-8-25(23)31/h1-2,7-12,18-20H,3-6,13-17H2,(H,32,33,36). The molecule has 1 fully saturated rings. The predicted molar refractivity (Wildman–Crippen MR) is 149 cm³/mol. The third kappa shape index (κ3) is 5.98. The van der Waals surface area contributed by atoms with Crippen LogP contribution in [0.25, 0.3) is 0 Å². The second-order valence-corrected chi connectivity index (χ2v) is 10.5. The van der Waals surface area contributed by atoms with Gasteiger partial charge in [-0.05, 0) is 106 Å². The van der Waals surface area contributed by atoms with Gasteiger partial charge in [0.15, 0.2) is 0 Å². The number of amides is 2. The molecule has 0 saturated carbocycles. The number of nitrogens with one attached hydrogen (secondary N) is 1. The largest absolute Gasteiger partial charge is 0.308 e. The second kappa shape index (κ2) is 11.6. The minimum atomic E-state index is -0.351. The van der Waals surface area contributed by atoms with Crippen molar-refractivity contribution in [1.29, 1.82) is 0 Å². The molecule has 1 N–H and O–H groups in total. The summed E-state index contributed by atoms with van der Waals surface area (Å²) in [6.07, 6.45) is 7.09. The van der Waals surface area contributed by atoms with Crippen LogP contribution in [0.1, 0.15) is 64.3 Å². The van der Waals surface area contributed by atoms with Crippen molar-refractivity contribution >= 4 is 46.5 Å². The van der Waals surface area contributed by atoms with Gasteiger partial charge in [0, 0.05) is 23.5 Å². The Labute approximate surface area is 227 Å². The lowest BCUT2D eigenvalue weighted by molar-refractivity contribution is 0.0985. The SMILES string of the molecule is O=C(Nc1ccc(C(=O)N2CCCC(CCN3CCCC3)c3cc(Cl)ccc32)cn1)c1ccccc1Cl. The molecule has 2 aromatic carbocycles. The quantitative estimate of drug-likeness (QED) is 0.382. The Morgan fingerprint density at radius 3 is 2.54 bits per heavy atom. The summed E-state index contributed by atoms with van der Waals surface area (Å²) in [4.78, 5) is 34.9. The molecule has 2 aliphatic heterocycles. The van der Waals surface area contributed by atoms with Gasteiger partial charge in [0.05, 0.1) is 16.1 Å². The van der Waals surface area contributed by atoms with Gasteiger partial charge in [-0.15, -0.1) is 0 Å². The van der Waals surface area contributed by atoms with E-state index in [9.17, 15) is 9.59 Å². The van der Waals surface area contributed by atoms with Crippen LogP contribution in [0.2, 0.25) is 10.0 Å². The highest BCUT2D eigenvalue weighted by atomic mass is 35.5. The van der Waals surface area contributed by atoms with Crippen molar-refractivity contribution in [2.24, 2.45) is 0 Å². The molecule has 3 aromatic rings. The molecule has 5 rings (SSSR count).